The zero-order valence-corrected chi connectivity index (χ0v) is 24.0. The number of H-pyrrole nitrogens is 1. The Balaban J connectivity index is 1.27. The molecule has 1 fully saturated rings. The van der Waals surface area contributed by atoms with Gasteiger partial charge in [-0.1, -0.05) is 68.8 Å². The molecule has 3 aromatic carbocycles. The monoisotopic (exact) mass is 584 g/mol. The number of benzene rings is 3. The summed E-state index contributed by atoms with van der Waals surface area (Å²) in [5, 5.41) is 26.2. The summed E-state index contributed by atoms with van der Waals surface area (Å²) < 4.78 is 1.80. The Hall–Kier alpha value is -4.70. The summed E-state index contributed by atoms with van der Waals surface area (Å²) in [4.78, 5) is 38.9. The summed E-state index contributed by atoms with van der Waals surface area (Å²) in [6.07, 6.45) is -0.925. The Bertz CT molecular complexity index is 1920. The number of halogens is 1. The summed E-state index contributed by atoms with van der Waals surface area (Å²) in [5.41, 5.74) is 2.16. The fourth-order valence-electron chi connectivity index (χ4n) is 6.06. The van der Waals surface area contributed by atoms with Gasteiger partial charge in [-0.3, -0.25) is 14.3 Å². The zero-order chi connectivity index (χ0) is 29.8. The quantitative estimate of drug-likeness (QED) is 0.237. The van der Waals surface area contributed by atoms with E-state index in [1.54, 1.807) is 35.0 Å². The molecule has 1 aliphatic heterocycles. The van der Waals surface area contributed by atoms with Gasteiger partial charge in [0.25, 0.3) is 11.5 Å². The average Bonchev–Trinajstić information content (AvgIpc) is 3.29. The highest BCUT2D eigenvalue weighted by Crippen LogP contribution is 2.39. The van der Waals surface area contributed by atoms with E-state index in [1.165, 1.54) is 4.90 Å². The van der Waals surface area contributed by atoms with Crippen LogP contribution in [0.1, 0.15) is 31.3 Å². The van der Waals surface area contributed by atoms with Crippen LogP contribution in [0.15, 0.2) is 71.5 Å². The molecule has 1 aliphatic rings. The third kappa shape index (κ3) is 4.77. The molecule has 6 rings (SSSR count). The summed E-state index contributed by atoms with van der Waals surface area (Å²) in [5.74, 6) is -0.334. The number of aromatic nitrogens is 4. The second kappa shape index (κ2) is 10.3. The zero-order valence-electron chi connectivity index (χ0n) is 23.3. The third-order valence-corrected chi connectivity index (χ3v) is 8.12. The first-order valence-corrected chi connectivity index (χ1v) is 13.9. The maximum absolute atomic E-state index is 13.5. The summed E-state index contributed by atoms with van der Waals surface area (Å²) >= 11 is 6.65. The fraction of sp³-hybridized carbons (Fsp3) is 0.258. The largest absolute Gasteiger partial charge is 0.465 e. The standard InChI is InChI=1S/C31H29ClN6O4/c1-31(2,3)27-17(15-37(27)30(41)42)16-38-24-11-7-6-10-22(24)26(36-38)29(40)33-18-12-13-21(23(32)14-18)25-19-8-4-5-9-20(19)28(39)35-34-25/h4-14,17,27H,15-16H2,1-3H3,(H,33,40)(H,35,39)(H,41,42). The van der Waals surface area contributed by atoms with Gasteiger partial charge in [-0.15, -0.1) is 0 Å². The predicted molar refractivity (Wildman–Crippen MR) is 162 cm³/mol. The molecule has 2 aromatic heterocycles. The molecule has 214 valence electrons. The highest BCUT2D eigenvalue weighted by Gasteiger charge is 2.48. The van der Waals surface area contributed by atoms with E-state index in [9.17, 15) is 19.5 Å². The van der Waals surface area contributed by atoms with Gasteiger partial charge in [-0.2, -0.15) is 10.2 Å². The number of rotatable bonds is 5. The molecule has 2 atom stereocenters. The van der Waals surface area contributed by atoms with Crippen molar-refractivity contribution in [1.29, 1.82) is 0 Å². The number of para-hydroxylation sites is 1. The summed E-state index contributed by atoms with van der Waals surface area (Å²) in [6.45, 7) is 7.00. The first-order chi connectivity index (χ1) is 20.0. The Labute approximate surface area is 245 Å². The molecule has 10 nitrogen and oxygen atoms in total. The fourth-order valence-corrected chi connectivity index (χ4v) is 6.33. The van der Waals surface area contributed by atoms with Crippen LogP contribution in [0.4, 0.5) is 10.5 Å². The van der Waals surface area contributed by atoms with Crippen LogP contribution in [-0.4, -0.2) is 54.6 Å². The van der Waals surface area contributed by atoms with E-state index >= 15 is 0 Å². The van der Waals surface area contributed by atoms with Crippen LogP contribution >= 0.6 is 11.6 Å². The molecule has 0 spiro atoms. The van der Waals surface area contributed by atoms with E-state index in [0.717, 1.165) is 5.52 Å². The van der Waals surface area contributed by atoms with Crippen LogP contribution in [0.3, 0.4) is 0 Å². The Morgan fingerprint density at radius 2 is 1.74 bits per heavy atom. The number of fused-ring (bicyclic) bond motifs is 2. The van der Waals surface area contributed by atoms with Crippen molar-refractivity contribution in [3.63, 3.8) is 0 Å². The van der Waals surface area contributed by atoms with Crippen molar-refractivity contribution in [2.45, 2.75) is 33.4 Å². The van der Waals surface area contributed by atoms with Crippen molar-refractivity contribution >= 4 is 51.0 Å². The van der Waals surface area contributed by atoms with Crippen LogP contribution in [-0.2, 0) is 6.54 Å². The number of nitrogens with one attached hydrogen (secondary N) is 2. The molecule has 42 heavy (non-hydrogen) atoms. The number of likely N-dealkylation sites (tertiary alicyclic amines) is 1. The van der Waals surface area contributed by atoms with Gasteiger partial charge in [0.1, 0.15) is 5.69 Å². The first-order valence-electron chi connectivity index (χ1n) is 13.6. The van der Waals surface area contributed by atoms with Gasteiger partial charge in [0.15, 0.2) is 5.69 Å². The van der Waals surface area contributed by atoms with E-state index in [0.29, 0.717) is 51.2 Å². The van der Waals surface area contributed by atoms with E-state index in [2.05, 4.69) is 20.6 Å². The molecule has 0 bridgehead atoms. The minimum atomic E-state index is -0.925. The van der Waals surface area contributed by atoms with Gasteiger partial charge < -0.3 is 15.3 Å². The molecule has 3 N–H and O–H groups in total. The maximum atomic E-state index is 13.5. The van der Waals surface area contributed by atoms with Crippen molar-refractivity contribution in [3.05, 3.63) is 87.8 Å². The molecule has 1 saturated heterocycles. The molecule has 3 heterocycles. The molecule has 0 saturated carbocycles. The van der Waals surface area contributed by atoms with Crippen molar-refractivity contribution in [2.75, 3.05) is 11.9 Å². The van der Waals surface area contributed by atoms with Crippen LogP contribution in [0.5, 0.6) is 0 Å². The van der Waals surface area contributed by atoms with Gasteiger partial charge in [0.2, 0.25) is 0 Å². The lowest BCUT2D eigenvalue weighted by Gasteiger charge is -2.52. The summed E-state index contributed by atoms with van der Waals surface area (Å²) in [7, 11) is 0. The molecule has 0 radical (unpaired) electrons. The first kappa shape index (κ1) is 27.5. The van der Waals surface area contributed by atoms with Gasteiger partial charge in [0.05, 0.1) is 15.9 Å². The Kier molecular flexibility index (Phi) is 6.73. The number of anilines is 1. The molecule has 5 aromatic rings. The van der Waals surface area contributed by atoms with E-state index in [-0.39, 0.29) is 28.6 Å². The second-order valence-corrected chi connectivity index (χ2v) is 12.1. The number of hydrogen-bond donors (Lipinski definition) is 3. The van der Waals surface area contributed by atoms with Gasteiger partial charge in [-0.25, -0.2) is 9.89 Å². The maximum Gasteiger partial charge on any atom is 0.407 e. The average molecular weight is 585 g/mol. The molecule has 2 amide bonds. The highest BCUT2D eigenvalue weighted by atomic mass is 35.5. The number of nitrogens with zero attached hydrogens (tertiary/aromatic N) is 4. The predicted octanol–water partition coefficient (Wildman–Crippen LogP) is 5.87. The van der Waals surface area contributed by atoms with Gasteiger partial charge in [0, 0.05) is 47.1 Å². The molecule has 11 heteroatoms. The number of carbonyl (C=O) groups is 2. The van der Waals surface area contributed by atoms with Crippen molar-refractivity contribution < 1.29 is 14.7 Å². The van der Waals surface area contributed by atoms with Crippen LogP contribution in [0, 0.1) is 11.3 Å². The van der Waals surface area contributed by atoms with Gasteiger partial charge in [-0.05, 0) is 35.7 Å². The SMILES string of the molecule is CC(C)(C)C1C(Cn2nc(C(=O)Nc3ccc(-c4n[nH]c(=O)c5ccccc45)c(Cl)c3)c3ccccc32)CN1C(=O)O. The minimum Gasteiger partial charge on any atom is -0.465 e. The molecular weight excluding hydrogens is 556 g/mol. The lowest BCUT2D eigenvalue weighted by molar-refractivity contribution is -0.0420. The minimum absolute atomic E-state index is 0.0595. The van der Waals surface area contributed by atoms with Crippen molar-refractivity contribution in [2.24, 2.45) is 11.3 Å². The topological polar surface area (TPSA) is 133 Å². The molecule has 0 aliphatic carbocycles. The summed E-state index contributed by atoms with van der Waals surface area (Å²) in [6, 6.07) is 19.6. The lowest BCUT2D eigenvalue weighted by Crippen LogP contribution is -2.64. The number of carbonyl (C=O) groups excluding carboxylic acids is 1. The molecule has 2 unspecified atom stereocenters. The molecular formula is C31H29ClN6O4. The van der Waals surface area contributed by atoms with Crippen LogP contribution in [0.2, 0.25) is 5.02 Å². The van der Waals surface area contributed by atoms with Crippen LogP contribution < -0.4 is 10.9 Å². The Morgan fingerprint density at radius 3 is 2.43 bits per heavy atom. The second-order valence-electron chi connectivity index (χ2n) is 11.6. The number of carboxylic acid groups (broad SMARTS) is 1. The van der Waals surface area contributed by atoms with Gasteiger partial charge >= 0.3 is 6.09 Å². The normalized spacial score (nSPS) is 16.9. The number of amides is 2. The van der Waals surface area contributed by atoms with E-state index in [1.807, 2.05) is 57.2 Å². The van der Waals surface area contributed by atoms with Crippen molar-refractivity contribution in [1.82, 2.24) is 24.9 Å². The van der Waals surface area contributed by atoms with Crippen molar-refractivity contribution in [3.8, 4) is 11.3 Å². The lowest BCUT2D eigenvalue weighted by atomic mass is 9.72. The smallest absolute Gasteiger partial charge is 0.407 e. The third-order valence-electron chi connectivity index (χ3n) is 7.81. The highest BCUT2D eigenvalue weighted by molar-refractivity contribution is 6.34. The van der Waals surface area contributed by atoms with E-state index < -0.39 is 12.0 Å². The van der Waals surface area contributed by atoms with Crippen LogP contribution in [0.25, 0.3) is 32.9 Å². The van der Waals surface area contributed by atoms with E-state index in [4.69, 9.17) is 11.6 Å². The Morgan fingerprint density at radius 1 is 1.05 bits per heavy atom. The number of aromatic amines is 1. The number of hydrogen-bond acceptors (Lipinski definition) is 5.